The zero-order valence-electron chi connectivity index (χ0n) is 14.0. The van der Waals surface area contributed by atoms with Gasteiger partial charge in [0.15, 0.2) is 0 Å². The molecule has 0 aromatic heterocycles. The third kappa shape index (κ3) is 5.06. The summed E-state index contributed by atoms with van der Waals surface area (Å²) in [5.41, 5.74) is 0.0346. The molecule has 1 aliphatic heterocycles. The lowest BCUT2D eigenvalue weighted by molar-refractivity contribution is -0.0689. The quantitative estimate of drug-likeness (QED) is 0.875. The van der Waals surface area contributed by atoms with E-state index >= 15 is 0 Å². The average Bonchev–Trinajstić information content (AvgIpc) is 2.48. The van der Waals surface area contributed by atoms with E-state index in [0.717, 1.165) is 18.7 Å². The van der Waals surface area contributed by atoms with Gasteiger partial charge in [0, 0.05) is 19.6 Å². The highest BCUT2D eigenvalue weighted by Crippen LogP contribution is 2.32. The first-order valence-electron chi connectivity index (χ1n) is 8.11. The summed E-state index contributed by atoms with van der Waals surface area (Å²) in [7, 11) is 0. The number of aliphatic hydroxyl groups excluding tert-OH is 1. The summed E-state index contributed by atoms with van der Waals surface area (Å²) in [6, 6.07) is 9.87. The van der Waals surface area contributed by atoms with Gasteiger partial charge < -0.3 is 19.8 Å². The van der Waals surface area contributed by atoms with E-state index in [2.05, 4.69) is 4.90 Å². The Morgan fingerprint density at radius 3 is 2.32 bits per heavy atom. The molecule has 22 heavy (non-hydrogen) atoms. The highest BCUT2D eigenvalue weighted by molar-refractivity contribution is 5.22. The maximum atomic E-state index is 10.8. The predicted molar refractivity (Wildman–Crippen MR) is 87.7 cm³/mol. The van der Waals surface area contributed by atoms with E-state index in [4.69, 9.17) is 4.74 Å². The summed E-state index contributed by atoms with van der Waals surface area (Å²) >= 11 is 0. The van der Waals surface area contributed by atoms with E-state index in [9.17, 15) is 10.2 Å². The molecule has 0 saturated carbocycles. The lowest BCUT2D eigenvalue weighted by Crippen LogP contribution is -2.46. The Morgan fingerprint density at radius 1 is 1.18 bits per heavy atom. The zero-order chi connectivity index (χ0) is 16.2. The molecule has 1 aromatic carbocycles. The molecule has 1 aromatic rings. The molecule has 1 saturated heterocycles. The lowest BCUT2D eigenvalue weighted by Gasteiger charge is -2.39. The first kappa shape index (κ1) is 17.4. The molecule has 0 aliphatic carbocycles. The molecule has 124 valence electrons. The van der Waals surface area contributed by atoms with Crippen LogP contribution in [0.5, 0.6) is 0 Å². The van der Waals surface area contributed by atoms with Crippen molar-refractivity contribution in [3.8, 4) is 0 Å². The monoisotopic (exact) mass is 307 g/mol. The van der Waals surface area contributed by atoms with Crippen LogP contribution in [0.1, 0.15) is 39.2 Å². The zero-order valence-corrected chi connectivity index (χ0v) is 14.0. The lowest BCUT2D eigenvalue weighted by atomic mass is 9.84. The molecule has 1 aliphatic rings. The van der Waals surface area contributed by atoms with E-state index in [1.807, 2.05) is 51.1 Å². The van der Waals surface area contributed by atoms with Crippen LogP contribution in [-0.2, 0) is 10.3 Å². The normalized spacial score (nSPS) is 20.8. The van der Waals surface area contributed by atoms with Crippen LogP contribution < -0.4 is 0 Å². The molecule has 1 heterocycles. The van der Waals surface area contributed by atoms with E-state index in [0.29, 0.717) is 26.0 Å². The minimum absolute atomic E-state index is 0.226. The van der Waals surface area contributed by atoms with E-state index < -0.39 is 11.7 Å². The average molecular weight is 307 g/mol. The Morgan fingerprint density at radius 2 is 1.77 bits per heavy atom. The number of ether oxygens (including phenoxy) is 1. The summed E-state index contributed by atoms with van der Waals surface area (Å²) in [6.07, 6.45) is 0.912. The van der Waals surface area contributed by atoms with Gasteiger partial charge in [-0.15, -0.1) is 0 Å². The van der Waals surface area contributed by atoms with E-state index in [-0.39, 0.29) is 5.60 Å². The van der Waals surface area contributed by atoms with Gasteiger partial charge in [-0.1, -0.05) is 30.3 Å². The van der Waals surface area contributed by atoms with Crippen molar-refractivity contribution in [1.29, 1.82) is 0 Å². The van der Waals surface area contributed by atoms with Crippen LogP contribution in [-0.4, -0.2) is 53.1 Å². The molecule has 0 bridgehead atoms. The van der Waals surface area contributed by atoms with E-state index in [1.165, 1.54) is 0 Å². The Balaban J connectivity index is 1.80. The fourth-order valence-corrected chi connectivity index (χ4v) is 2.84. The van der Waals surface area contributed by atoms with Gasteiger partial charge in [0.1, 0.15) is 0 Å². The maximum Gasteiger partial charge on any atom is 0.0920 e. The molecule has 4 heteroatoms. The maximum absolute atomic E-state index is 10.8. The van der Waals surface area contributed by atoms with Crippen molar-refractivity contribution in [1.82, 2.24) is 4.90 Å². The predicted octanol–water partition coefficient (Wildman–Crippen LogP) is 2.15. The van der Waals surface area contributed by atoms with Gasteiger partial charge in [-0.3, -0.25) is 0 Å². The van der Waals surface area contributed by atoms with Crippen molar-refractivity contribution in [3.05, 3.63) is 35.9 Å². The molecule has 0 amide bonds. The molecule has 1 fully saturated rings. The summed E-state index contributed by atoms with van der Waals surface area (Å²) in [5, 5.41) is 20.9. The Bertz CT molecular complexity index is 447. The fraction of sp³-hybridized carbons (Fsp3) is 0.667. The van der Waals surface area contributed by atoms with Crippen molar-refractivity contribution < 1.29 is 14.9 Å². The molecule has 0 spiro atoms. The minimum Gasteiger partial charge on any atom is -0.389 e. The molecule has 4 nitrogen and oxygen atoms in total. The third-order valence-electron chi connectivity index (χ3n) is 4.17. The Labute approximate surface area is 133 Å². The SMILES string of the molecule is CC(C)(C)OCC(O)CN1CCC(O)(c2ccccc2)CC1. The van der Waals surface area contributed by atoms with Gasteiger partial charge in [0.25, 0.3) is 0 Å². The molecule has 2 N–H and O–H groups in total. The summed E-state index contributed by atoms with van der Waals surface area (Å²) < 4.78 is 5.62. The number of hydrogen-bond acceptors (Lipinski definition) is 4. The van der Waals surface area contributed by atoms with Gasteiger partial charge in [-0.2, -0.15) is 0 Å². The van der Waals surface area contributed by atoms with Gasteiger partial charge in [0.2, 0.25) is 0 Å². The smallest absolute Gasteiger partial charge is 0.0920 e. The van der Waals surface area contributed by atoms with Gasteiger partial charge in [0.05, 0.1) is 23.9 Å². The Kier molecular flexibility index (Phi) is 5.61. The summed E-state index contributed by atoms with van der Waals surface area (Å²) in [6.45, 7) is 8.49. The van der Waals surface area contributed by atoms with Crippen LogP contribution >= 0.6 is 0 Å². The van der Waals surface area contributed by atoms with Crippen LogP contribution in [0.3, 0.4) is 0 Å². The first-order valence-corrected chi connectivity index (χ1v) is 8.11. The molecule has 2 rings (SSSR count). The van der Waals surface area contributed by atoms with Crippen LogP contribution in [0.15, 0.2) is 30.3 Å². The highest BCUT2D eigenvalue weighted by Gasteiger charge is 2.34. The minimum atomic E-state index is -0.732. The van der Waals surface area contributed by atoms with Gasteiger partial charge in [-0.05, 0) is 39.2 Å². The number of piperidine rings is 1. The second-order valence-electron chi connectivity index (χ2n) is 7.28. The topological polar surface area (TPSA) is 52.9 Å². The third-order valence-corrected chi connectivity index (χ3v) is 4.17. The Hall–Kier alpha value is -0.940. The van der Waals surface area contributed by atoms with Crippen molar-refractivity contribution >= 4 is 0 Å². The molecule has 1 unspecified atom stereocenters. The standard InChI is InChI=1S/C18H29NO3/c1-17(2,3)22-14-16(20)13-19-11-9-18(21,10-12-19)15-7-5-4-6-8-15/h4-8,16,20-21H,9-14H2,1-3H3. The summed E-state index contributed by atoms with van der Waals surface area (Å²) in [4.78, 5) is 2.20. The van der Waals surface area contributed by atoms with Crippen LogP contribution in [0, 0.1) is 0 Å². The number of β-amino-alcohol motifs (C(OH)–C–C–N with tert-alkyl or cyclic N) is 1. The molecular formula is C18H29NO3. The van der Waals surface area contributed by atoms with Crippen LogP contribution in [0.25, 0.3) is 0 Å². The van der Waals surface area contributed by atoms with Crippen molar-refractivity contribution in [2.45, 2.75) is 50.9 Å². The highest BCUT2D eigenvalue weighted by atomic mass is 16.5. The number of aliphatic hydroxyl groups is 2. The van der Waals surface area contributed by atoms with Crippen molar-refractivity contribution in [2.24, 2.45) is 0 Å². The molecule has 0 radical (unpaired) electrons. The van der Waals surface area contributed by atoms with E-state index in [1.54, 1.807) is 0 Å². The summed E-state index contributed by atoms with van der Waals surface area (Å²) in [5.74, 6) is 0. The molecule has 1 atom stereocenters. The van der Waals surface area contributed by atoms with Gasteiger partial charge >= 0.3 is 0 Å². The number of rotatable bonds is 5. The largest absolute Gasteiger partial charge is 0.389 e. The van der Waals surface area contributed by atoms with Gasteiger partial charge in [-0.25, -0.2) is 0 Å². The first-order chi connectivity index (χ1) is 10.3. The van der Waals surface area contributed by atoms with Crippen molar-refractivity contribution in [2.75, 3.05) is 26.2 Å². The fourth-order valence-electron chi connectivity index (χ4n) is 2.84. The van der Waals surface area contributed by atoms with Crippen LogP contribution in [0.4, 0.5) is 0 Å². The van der Waals surface area contributed by atoms with Crippen molar-refractivity contribution in [3.63, 3.8) is 0 Å². The second kappa shape index (κ2) is 7.09. The number of nitrogens with zero attached hydrogens (tertiary/aromatic N) is 1. The number of benzene rings is 1. The number of likely N-dealkylation sites (tertiary alicyclic amines) is 1. The molecular weight excluding hydrogens is 278 g/mol. The second-order valence-corrected chi connectivity index (χ2v) is 7.28. The number of hydrogen-bond donors (Lipinski definition) is 2. The van der Waals surface area contributed by atoms with Crippen LogP contribution in [0.2, 0.25) is 0 Å².